The van der Waals surface area contributed by atoms with Crippen LogP contribution in [0.4, 0.5) is 0 Å². The largest absolute Gasteiger partial charge is 0.313 e. The van der Waals surface area contributed by atoms with E-state index in [9.17, 15) is 0 Å². The minimum atomic E-state index is 0.469. The van der Waals surface area contributed by atoms with E-state index in [1.165, 1.54) is 30.4 Å². The van der Waals surface area contributed by atoms with Gasteiger partial charge in [0.15, 0.2) is 0 Å². The lowest BCUT2D eigenvalue weighted by molar-refractivity contribution is 0.428. The fourth-order valence-electron chi connectivity index (χ4n) is 2.44. The Kier molecular flexibility index (Phi) is 3.32. The standard InChI is InChI=1S/C13H18ClN/c1-9-3-4-10-5-6-11(14)8-12(10)13(7-9)15-2/h5-6,8-9,13,15H,3-4,7H2,1-2H3. The molecular formula is C13H18ClN. The van der Waals surface area contributed by atoms with Gasteiger partial charge in [-0.25, -0.2) is 0 Å². The molecule has 0 fully saturated rings. The molecule has 1 aliphatic carbocycles. The maximum absolute atomic E-state index is 6.06. The molecule has 2 heteroatoms. The van der Waals surface area contributed by atoms with Crippen LogP contribution in [0.3, 0.4) is 0 Å². The topological polar surface area (TPSA) is 12.0 Å². The lowest BCUT2D eigenvalue weighted by Crippen LogP contribution is -2.18. The first-order chi connectivity index (χ1) is 7.20. The van der Waals surface area contributed by atoms with Crippen LogP contribution in [0.1, 0.15) is 36.9 Å². The predicted molar refractivity (Wildman–Crippen MR) is 65.4 cm³/mol. The molecule has 0 bridgehead atoms. The second-order valence-electron chi connectivity index (χ2n) is 4.56. The van der Waals surface area contributed by atoms with E-state index in [1.54, 1.807) is 0 Å². The zero-order chi connectivity index (χ0) is 10.8. The second-order valence-corrected chi connectivity index (χ2v) is 5.00. The van der Waals surface area contributed by atoms with Crippen molar-refractivity contribution in [2.45, 2.75) is 32.2 Å². The van der Waals surface area contributed by atoms with Crippen molar-refractivity contribution < 1.29 is 0 Å². The molecule has 1 aromatic rings. The number of benzene rings is 1. The smallest absolute Gasteiger partial charge is 0.0409 e. The van der Waals surface area contributed by atoms with Crippen molar-refractivity contribution in [3.05, 3.63) is 34.3 Å². The lowest BCUT2D eigenvalue weighted by Gasteiger charge is -2.18. The summed E-state index contributed by atoms with van der Waals surface area (Å²) in [5, 5.41) is 4.25. The van der Waals surface area contributed by atoms with Gasteiger partial charge in [0.25, 0.3) is 0 Å². The van der Waals surface area contributed by atoms with Gasteiger partial charge in [-0.1, -0.05) is 24.6 Å². The van der Waals surface area contributed by atoms with Gasteiger partial charge in [0.05, 0.1) is 0 Å². The van der Waals surface area contributed by atoms with Crippen molar-refractivity contribution in [1.29, 1.82) is 0 Å². The fourth-order valence-corrected chi connectivity index (χ4v) is 2.62. The number of rotatable bonds is 1. The summed E-state index contributed by atoms with van der Waals surface area (Å²) in [7, 11) is 2.04. The third kappa shape index (κ3) is 2.35. The van der Waals surface area contributed by atoms with Gasteiger partial charge >= 0.3 is 0 Å². The Balaban J connectivity index is 2.39. The van der Waals surface area contributed by atoms with Crippen LogP contribution < -0.4 is 5.32 Å². The van der Waals surface area contributed by atoms with Crippen LogP contribution in [0.2, 0.25) is 5.02 Å². The molecule has 2 unspecified atom stereocenters. The maximum atomic E-state index is 6.06. The molecule has 1 nitrogen and oxygen atoms in total. The van der Waals surface area contributed by atoms with Crippen molar-refractivity contribution >= 4 is 11.6 Å². The van der Waals surface area contributed by atoms with Gasteiger partial charge in [-0.05, 0) is 55.5 Å². The summed E-state index contributed by atoms with van der Waals surface area (Å²) in [6.45, 7) is 2.33. The molecule has 0 heterocycles. The summed E-state index contributed by atoms with van der Waals surface area (Å²) in [4.78, 5) is 0. The second kappa shape index (κ2) is 4.54. The summed E-state index contributed by atoms with van der Waals surface area (Å²) in [6, 6.07) is 6.77. The summed E-state index contributed by atoms with van der Waals surface area (Å²) >= 11 is 6.06. The number of halogens is 1. The van der Waals surface area contributed by atoms with E-state index in [4.69, 9.17) is 11.6 Å². The number of hydrogen-bond acceptors (Lipinski definition) is 1. The summed E-state index contributed by atoms with van der Waals surface area (Å²) in [6.07, 6.45) is 3.68. The van der Waals surface area contributed by atoms with Crippen molar-refractivity contribution in [3.8, 4) is 0 Å². The molecule has 15 heavy (non-hydrogen) atoms. The molecule has 0 saturated carbocycles. The molecule has 1 N–H and O–H groups in total. The van der Waals surface area contributed by atoms with E-state index >= 15 is 0 Å². The molecule has 0 aromatic heterocycles. The van der Waals surface area contributed by atoms with E-state index in [1.807, 2.05) is 13.1 Å². The summed E-state index contributed by atoms with van der Waals surface area (Å²) in [5.74, 6) is 0.786. The van der Waals surface area contributed by atoms with Gasteiger partial charge in [-0.2, -0.15) is 0 Å². The molecular weight excluding hydrogens is 206 g/mol. The van der Waals surface area contributed by atoms with Crippen molar-refractivity contribution in [1.82, 2.24) is 5.32 Å². The third-order valence-corrected chi connectivity index (χ3v) is 3.61. The van der Waals surface area contributed by atoms with Crippen molar-refractivity contribution in [2.75, 3.05) is 7.05 Å². The van der Waals surface area contributed by atoms with Gasteiger partial charge in [-0.3, -0.25) is 0 Å². The van der Waals surface area contributed by atoms with Gasteiger partial charge in [0, 0.05) is 11.1 Å². The average molecular weight is 224 g/mol. The molecule has 2 rings (SSSR count). The van der Waals surface area contributed by atoms with Gasteiger partial charge < -0.3 is 5.32 Å². The van der Waals surface area contributed by atoms with Crippen LogP contribution >= 0.6 is 11.6 Å². The highest BCUT2D eigenvalue weighted by molar-refractivity contribution is 6.30. The van der Waals surface area contributed by atoms with Crippen LogP contribution in [0.5, 0.6) is 0 Å². The van der Waals surface area contributed by atoms with Crippen LogP contribution in [0.25, 0.3) is 0 Å². The van der Waals surface area contributed by atoms with Crippen LogP contribution in [0.15, 0.2) is 18.2 Å². The third-order valence-electron chi connectivity index (χ3n) is 3.38. The molecule has 0 radical (unpaired) electrons. The Bertz CT molecular complexity index is 348. The zero-order valence-corrected chi connectivity index (χ0v) is 10.1. The Hall–Kier alpha value is -0.530. The van der Waals surface area contributed by atoms with E-state index in [-0.39, 0.29) is 0 Å². The molecule has 0 aliphatic heterocycles. The predicted octanol–water partition coefficient (Wildman–Crippen LogP) is 3.57. The molecule has 1 aromatic carbocycles. The Morgan fingerprint density at radius 1 is 1.40 bits per heavy atom. The number of fused-ring (bicyclic) bond motifs is 1. The Morgan fingerprint density at radius 3 is 2.93 bits per heavy atom. The molecule has 0 saturated heterocycles. The molecule has 82 valence electrons. The molecule has 1 aliphatic rings. The Labute approximate surface area is 96.8 Å². The van der Waals surface area contributed by atoms with Gasteiger partial charge in [-0.15, -0.1) is 0 Å². The van der Waals surface area contributed by atoms with Gasteiger partial charge in [0.2, 0.25) is 0 Å². The summed E-state index contributed by atoms with van der Waals surface area (Å²) in [5.41, 5.74) is 2.86. The SMILES string of the molecule is CNC1CC(C)CCc2ccc(Cl)cc21. The van der Waals surface area contributed by atoms with Crippen molar-refractivity contribution in [3.63, 3.8) is 0 Å². The quantitative estimate of drug-likeness (QED) is 0.718. The monoisotopic (exact) mass is 223 g/mol. The Morgan fingerprint density at radius 2 is 2.20 bits per heavy atom. The van der Waals surface area contributed by atoms with Crippen LogP contribution in [-0.2, 0) is 6.42 Å². The maximum Gasteiger partial charge on any atom is 0.0409 e. The lowest BCUT2D eigenvalue weighted by atomic mass is 9.97. The minimum Gasteiger partial charge on any atom is -0.313 e. The average Bonchev–Trinajstić information content (AvgIpc) is 2.38. The zero-order valence-electron chi connectivity index (χ0n) is 9.39. The first-order valence-electron chi connectivity index (χ1n) is 5.66. The molecule has 2 atom stereocenters. The molecule has 0 spiro atoms. The van der Waals surface area contributed by atoms with Gasteiger partial charge in [0.1, 0.15) is 0 Å². The highest BCUT2D eigenvalue weighted by Crippen LogP contribution is 2.32. The fraction of sp³-hybridized carbons (Fsp3) is 0.538. The number of aryl methyl sites for hydroxylation is 1. The highest BCUT2D eigenvalue weighted by atomic mass is 35.5. The minimum absolute atomic E-state index is 0.469. The van der Waals surface area contributed by atoms with E-state index in [0.717, 1.165) is 10.9 Å². The number of hydrogen-bond donors (Lipinski definition) is 1. The van der Waals surface area contributed by atoms with E-state index < -0.39 is 0 Å². The summed E-state index contributed by atoms with van der Waals surface area (Å²) < 4.78 is 0. The number of nitrogens with one attached hydrogen (secondary N) is 1. The van der Waals surface area contributed by atoms with E-state index in [0.29, 0.717) is 6.04 Å². The first kappa shape index (κ1) is 11.0. The van der Waals surface area contributed by atoms with Crippen LogP contribution in [0, 0.1) is 5.92 Å². The van der Waals surface area contributed by atoms with E-state index in [2.05, 4.69) is 24.4 Å². The highest BCUT2D eigenvalue weighted by Gasteiger charge is 2.21. The van der Waals surface area contributed by atoms with Crippen molar-refractivity contribution in [2.24, 2.45) is 5.92 Å². The molecule has 0 amide bonds. The normalized spacial score (nSPS) is 25.8. The first-order valence-corrected chi connectivity index (χ1v) is 6.04. The van der Waals surface area contributed by atoms with Crippen LogP contribution in [-0.4, -0.2) is 7.05 Å².